The van der Waals surface area contributed by atoms with Gasteiger partial charge in [-0.2, -0.15) is 10.4 Å². The SMILES string of the molecule is N#Cc1nccnc1O[C@H]1CCCN(C(=O)Cn2ncccc2=O)C1. The van der Waals surface area contributed by atoms with E-state index in [0.29, 0.717) is 13.1 Å². The summed E-state index contributed by atoms with van der Waals surface area (Å²) in [5.41, 5.74) is -0.204. The van der Waals surface area contributed by atoms with Gasteiger partial charge >= 0.3 is 0 Å². The maximum Gasteiger partial charge on any atom is 0.267 e. The molecule has 1 saturated heterocycles. The molecule has 0 aromatic carbocycles. The third-order valence-corrected chi connectivity index (χ3v) is 3.85. The molecule has 1 aliphatic rings. The lowest BCUT2D eigenvalue weighted by Crippen LogP contribution is -2.46. The maximum atomic E-state index is 12.4. The van der Waals surface area contributed by atoms with Crippen molar-refractivity contribution in [1.29, 1.82) is 5.26 Å². The summed E-state index contributed by atoms with van der Waals surface area (Å²) >= 11 is 0. The van der Waals surface area contributed by atoms with E-state index < -0.39 is 0 Å². The maximum absolute atomic E-state index is 12.4. The number of likely N-dealkylation sites (tertiary alicyclic amines) is 1. The summed E-state index contributed by atoms with van der Waals surface area (Å²) < 4.78 is 6.89. The van der Waals surface area contributed by atoms with Crippen LogP contribution in [0.4, 0.5) is 0 Å². The molecule has 0 aliphatic carbocycles. The fourth-order valence-corrected chi connectivity index (χ4v) is 2.64. The standard InChI is InChI=1S/C16H16N6O3/c17-9-13-16(19-7-6-18-13)25-12-3-2-8-21(10-12)15(24)11-22-14(23)4-1-5-20-22/h1,4-7,12H,2-3,8,10-11H2/t12-/m0/s1. The van der Waals surface area contributed by atoms with Gasteiger partial charge in [-0.05, 0) is 18.9 Å². The molecule has 2 aromatic heterocycles. The van der Waals surface area contributed by atoms with Gasteiger partial charge in [-0.3, -0.25) is 9.59 Å². The van der Waals surface area contributed by atoms with Gasteiger partial charge in [-0.25, -0.2) is 14.6 Å². The molecule has 0 spiro atoms. The van der Waals surface area contributed by atoms with Crippen LogP contribution in [0.15, 0.2) is 35.5 Å². The van der Waals surface area contributed by atoms with Crippen LogP contribution in [0.1, 0.15) is 18.5 Å². The molecule has 0 unspecified atom stereocenters. The molecule has 1 fully saturated rings. The minimum atomic E-state index is -0.320. The third kappa shape index (κ3) is 3.98. The highest BCUT2D eigenvalue weighted by Crippen LogP contribution is 2.18. The molecule has 9 heteroatoms. The molecule has 2 aromatic rings. The number of ether oxygens (including phenoxy) is 1. The second kappa shape index (κ2) is 7.53. The molecule has 0 radical (unpaired) electrons. The minimum Gasteiger partial charge on any atom is -0.470 e. The van der Waals surface area contributed by atoms with Crippen molar-refractivity contribution < 1.29 is 9.53 Å². The largest absolute Gasteiger partial charge is 0.470 e. The van der Waals surface area contributed by atoms with Crippen LogP contribution in [-0.4, -0.2) is 49.7 Å². The van der Waals surface area contributed by atoms with E-state index in [2.05, 4.69) is 15.1 Å². The summed E-state index contributed by atoms with van der Waals surface area (Å²) in [4.78, 5) is 33.7. The highest BCUT2D eigenvalue weighted by atomic mass is 16.5. The summed E-state index contributed by atoms with van der Waals surface area (Å²) in [6, 6.07) is 4.82. The molecule has 0 saturated carbocycles. The van der Waals surface area contributed by atoms with Crippen LogP contribution < -0.4 is 10.3 Å². The fourth-order valence-electron chi connectivity index (χ4n) is 2.64. The predicted molar refractivity (Wildman–Crippen MR) is 85.5 cm³/mol. The van der Waals surface area contributed by atoms with Crippen molar-refractivity contribution in [3.63, 3.8) is 0 Å². The number of nitriles is 1. The topological polar surface area (TPSA) is 114 Å². The predicted octanol–water partition coefficient (Wildman–Crippen LogP) is -0.0250. The van der Waals surface area contributed by atoms with Crippen molar-refractivity contribution >= 4 is 5.91 Å². The van der Waals surface area contributed by atoms with Crippen LogP contribution in [0.25, 0.3) is 0 Å². The van der Waals surface area contributed by atoms with Gasteiger partial charge in [-0.1, -0.05) is 0 Å². The van der Waals surface area contributed by atoms with E-state index in [1.807, 2.05) is 6.07 Å². The van der Waals surface area contributed by atoms with Gasteiger partial charge in [0.1, 0.15) is 18.7 Å². The number of rotatable bonds is 4. The number of nitrogens with zero attached hydrogens (tertiary/aromatic N) is 6. The molecule has 25 heavy (non-hydrogen) atoms. The monoisotopic (exact) mass is 340 g/mol. The number of aromatic nitrogens is 4. The molecule has 3 heterocycles. The molecule has 1 aliphatic heterocycles. The van der Waals surface area contributed by atoms with Crippen LogP contribution in [0.5, 0.6) is 5.88 Å². The van der Waals surface area contributed by atoms with Crippen LogP contribution in [-0.2, 0) is 11.3 Å². The zero-order valence-corrected chi connectivity index (χ0v) is 13.4. The lowest BCUT2D eigenvalue weighted by Gasteiger charge is -2.32. The number of hydrogen-bond donors (Lipinski definition) is 0. The van der Waals surface area contributed by atoms with Gasteiger partial charge in [-0.15, -0.1) is 0 Å². The second-order valence-corrected chi connectivity index (χ2v) is 5.56. The Kier molecular flexibility index (Phi) is 4.99. The van der Waals surface area contributed by atoms with Gasteiger partial charge in [0, 0.05) is 31.2 Å². The Morgan fingerprint density at radius 3 is 3.00 bits per heavy atom. The van der Waals surface area contributed by atoms with Crippen molar-refractivity contribution in [3.8, 4) is 11.9 Å². The van der Waals surface area contributed by atoms with Gasteiger partial charge in [0.15, 0.2) is 0 Å². The Balaban J connectivity index is 1.65. The lowest BCUT2D eigenvalue weighted by atomic mass is 10.1. The molecular weight excluding hydrogens is 324 g/mol. The highest BCUT2D eigenvalue weighted by molar-refractivity contribution is 5.76. The van der Waals surface area contributed by atoms with E-state index in [-0.39, 0.29) is 35.7 Å². The summed E-state index contributed by atoms with van der Waals surface area (Å²) in [6.45, 7) is 0.842. The van der Waals surface area contributed by atoms with Gasteiger partial charge in [0.25, 0.3) is 11.4 Å². The molecular formula is C16H16N6O3. The van der Waals surface area contributed by atoms with Crippen molar-refractivity contribution in [2.75, 3.05) is 13.1 Å². The van der Waals surface area contributed by atoms with Gasteiger partial charge in [0.05, 0.1) is 6.54 Å². The second-order valence-electron chi connectivity index (χ2n) is 5.56. The summed E-state index contributed by atoms with van der Waals surface area (Å²) in [5.74, 6) is -0.0287. The molecule has 128 valence electrons. The van der Waals surface area contributed by atoms with Crippen LogP contribution in [0, 0.1) is 11.3 Å². The first-order chi connectivity index (χ1) is 12.2. The average Bonchev–Trinajstić information content (AvgIpc) is 2.64. The van der Waals surface area contributed by atoms with Gasteiger partial charge in [0.2, 0.25) is 11.6 Å². The van der Waals surface area contributed by atoms with E-state index in [1.54, 1.807) is 4.90 Å². The Morgan fingerprint density at radius 1 is 1.36 bits per heavy atom. The summed E-state index contributed by atoms with van der Waals surface area (Å²) in [7, 11) is 0. The van der Waals surface area contributed by atoms with Crippen molar-refractivity contribution in [3.05, 3.63) is 46.8 Å². The van der Waals surface area contributed by atoms with Crippen LogP contribution in [0.3, 0.4) is 0 Å². The highest BCUT2D eigenvalue weighted by Gasteiger charge is 2.26. The normalized spacial score (nSPS) is 16.9. The number of carbonyl (C=O) groups excluding carboxylic acids is 1. The van der Waals surface area contributed by atoms with Crippen LogP contribution >= 0.6 is 0 Å². The summed E-state index contributed by atoms with van der Waals surface area (Å²) in [6.07, 6.45) is 5.57. The smallest absolute Gasteiger partial charge is 0.267 e. The zero-order chi connectivity index (χ0) is 17.6. The first-order valence-corrected chi connectivity index (χ1v) is 7.85. The minimum absolute atomic E-state index is 0.110. The van der Waals surface area contributed by atoms with E-state index in [0.717, 1.165) is 17.5 Å². The quantitative estimate of drug-likeness (QED) is 0.768. The number of hydrogen-bond acceptors (Lipinski definition) is 7. The van der Waals surface area contributed by atoms with Crippen molar-refractivity contribution in [2.45, 2.75) is 25.5 Å². The Hall–Kier alpha value is -3.28. The van der Waals surface area contributed by atoms with Gasteiger partial charge < -0.3 is 9.64 Å². The lowest BCUT2D eigenvalue weighted by molar-refractivity contribution is -0.134. The van der Waals surface area contributed by atoms with E-state index in [1.165, 1.54) is 30.7 Å². The Labute approximate surface area is 143 Å². The third-order valence-electron chi connectivity index (χ3n) is 3.85. The first-order valence-electron chi connectivity index (χ1n) is 7.85. The zero-order valence-electron chi connectivity index (χ0n) is 13.4. The van der Waals surface area contributed by atoms with Crippen molar-refractivity contribution in [2.24, 2.45) is 0 Å². The summed E-state index contributed by atoms with van der Waals surface area (Å²) in [5, 5.41) is 12.9. The fraction of sp³-hybridized carbons (Fsp3) is 0.375. The Morgan fingerprint density at radius 2 is 2.20 bits per heavy atom. The van der Waals surface area contributed by atoms with Crippen molar-refractivity contribution in [1.82, 2.24) is 24.6 Å². The van der Waals surface area contributed by atoms with E-state index in [9.17, 15) is 9.59 Å². The first kappa shape index (κ1) is 16.6. The number of carbonyl (C=O) groups is 1. The number of piperidine rings is 1. The molecule has 3 rings (SSSR count). The van der Waals surface area contributed by atoms with E-state index in [4.69, 9.17) is 10.00 Å². The molecule has 9 nitrogen and oxygen atoms in total. The Bertz CT molecular complexity index is 859. The molecule has 0 N–H and O–H groups in total. The average molecular weight is 340 g/mol. The molecule has 1 atom stereocenters. The molecule has 1 amide bonds. The molecule has 0 bridgehead atoms. The van der Waals surface area contributed by atoms with E-state index >= 15 is 0 Å². The van der Waals surface area contributed by atoms with Crippen LogP contribution in [0.2, 0.25) is 0 Å². The number of amides is 1.